The summed E-state index contributed by atoms with van der Waals surface area (Å²) in [5, 5.41) is 0. The van der Waals surface area contributed by atoms with Crippen molar-refractivity contribution < 1.29 is 17.9 Å². The average Bonchev–Trinajstić information content (AvgIpc) is 3.17. The Hall–Kier alpha value is -1.23. The van der Waals surface area contributed by atoms with Crippen molar-refractivity contribution in [2.75, 3.05) is 13.1 Å². The Kier molecular flexibility index (Phi) is 4.23. The number of fused-ring (bicyclic) bond motifs is 2. The van der Waals surface area contributed by atoms with E-state index >= 15 is 0 Å². The van der Waals surface area contributed by atoms with E-state index in [9.17, 15) is 13.2 Å². The maximum Gasteiger partial charge on any atom is 0.573 e. The van der Waals surface area contributed by atoms with Gasteiger partial charge in [-0.2, -0.15) is 0 Å². The number of benzene rings is 1. The van der Waals surface area contributed by atoms with Crippen LogP contribution in [0.5, 0.6) is 5.75 Å². The molecule has 2 saturated carbocycles. The van der Waals surface area contributed by atoms with Crippen molar-refractivity contribution in [2.24, 2.45) is 11.8 Å². The van der Waals surface area contributed by atoms with Gasteiger partial charge in [-0.25, -0.2) is 0 Å². The molecule has 0 radical (unpaired) electrons. The van der Waals surface area contributed by atoms with Gasteiger partial charge < -0.3 is 9.64 Å². The number of likely N-dealkylation sites (tertiary alicyclic amines) is 1. The zero-order chi connectivity index (χ0) is 16.7. The minimum atomic E-state index is -4.63. The summed E-state index contributed by atoms with van der Waals surface area (Å²) in [6.45, 7) is 2.00. The topological polar surface area (TPSA) is 12.5 Å². The van der Waals surface area contributed by atoms with Crippen LogP contribution in [0.15, 0.2) is 24.3 Å². The molecule has 3 atom stereocenters. The summed E-state index contributed by atoms with van der Waals surface area (Å²) in [6.07, 6.45) is 2.73. The highest BCUT2D eigenvalue weighted by atomic mass is 19.4. The zero-order valence-corrected chi connectivity index (χ0v) is 13.8. The van der Waals surface area contributed by atoms with Crippen molar-refractivity contribution in [1.82, 2.24) is 4.90 Å². The molecule has 1 aliphatic heterocycles. The number of ether oxygens (including phenoxy) is 1. The van der Waals surface area contributed by atoms with Crippen LogP contribution in [0, 0.1) is 11.8 Å². The molecule has 0 amide bonds. The van der Waals surface area contributed by atoms with Crippen LogP contribution in [0.2, 0.25) is 0 Å². The Bertz CT molecular complexity index is 580. The number of rotatable bonds is 3. The largest absolute Gasteiger partial charge is 0.573 e. The van der Waals surface area contributed by atoms with Crippen molar-refractivity contribution in [2.45, 2.75) is 56.8 Å². The summed E-state index contributed by atoms with van der Waals surface area (Å²) in [5.41, 5.74) is 0.711. The van der Waals surface area contributed by atoms with Gasteiger partial charge in [0.1, 0.15) is 5.75 Å². The lowest BCUT2D eigenvalue weighted by molar-refractivity contribution is -0.275. The van der Waals surface area contributed by atoms with Crippen LogP contribution < -0.4 is 4.74 Å². The molecule has 0 N–H and O–H groups in total. The van der Waals surface area contributed by atoms with Crippen molar-refractivity contribution in [1.29, 1.82) is 0 Å². The van der Waals surface area contributed by atoms with Crippen molar-refractivity contribution >= 4 is 0 Å². The molecule has 0 unspecified atom stereocenters. The first-order chi connectivity index (χ1) is 11.5. The highest BCUT2D eigenvalue weighted by Gasteiger charge is 2.43. The quantitative estimate of drug-likeness (QED) is 0.772. The second-order valence-corrected chi connectivity index (χ2v) is 7.64. The molecule has 2 bridgehead atoms. The lowest BCUT2D eigenvalue weighted by atomic mass is 9.86. The van der Waals surface area contributed by atoms with Gasteiger partial charge in [-0.05, 0) is 74.6 Å². The molecule has 0 spiro atoms. The second kappa shape index (κ2) is 6.25. The average molecular weight is 339 g/mol. The minimum Gasteiger partial charge on any atom is -0.405 e. The predicted molar refractivity (Wildman–Crippen MR) is 85.9 cm³/mol. The number of piperidine rings is 1. The smallest absolute Gasteiger partial charge is 0.405 e. The van der Waals surface area contributed by atoms with Gasteiger partial charge in [0.05, 0.1) is 0 Å². The third-order valence-electron chi connectivity index (χ3n) is 6.28. The first kappa shape index (κ1) is 16.2. The Balaban J connectivity index is 1.41. The van der Waals surface area contributed by atoms with Gasteiger partial charge >= 0.3 is 6.36 Å². The molecule has 1 saturated heterocycles. The van der Waals surface area contributed by atoms with E-state index in [1.807, 2.05) is 0 Å². The Morgan fingerprint density at radius 1 is 0.958 bits per heavy atom. The van der Waals surface area contributed by atoms with E-state index in [4.69, 9.17) is 0 Å². The van der Waals surface area contributed by atoms with Gasteiger partial charge in [-0.1, -0.05) is 24.6 Å². The molecule has 1 aromatic rings. The fourth-order valence-electron chi connectivity index (χ4n) is 5.24. The summed E-state index contributed by atoms with van der Waals surface area (Å²) in [5.74, 6) is 1.94. The maximum atomic E-state index is 12.6. The highest BCUT2D eigenvalue weighted by Crippen LogP contribution is 2.48. The van der Waals surface area contributed by atoms with E-state index in [0.717, 1.165) is 43.8 Å². The second-order valence-electron chi connectivity index (χ2n) is 7.64. The van der Waals surface area contributed by atoms with E-state index in [-0.39, 0.29) is 11.7 Å². The minimum absolute atomic E-state index is 0.0247. The number of nitrogens with zero attached hydrogens (tertiary/aromatic N) is 1. The van der Waals surface area contributed by atoms with Gasteiger partial charge in [-0.15, -0.1) is 13.2 Å². The van der Waals surface area contributed by atoms with Crippen LogP contribution in [-0.2, 0) is 0 Å². The Labute approximate surface area is 141 Å². The van der Waals surface area contributed by atoms with Crippen LogP contribution in [-0.4, -0.2) is 30.4 Å². The summed E-state index contributed by atoms with van der Waals surface area (Å²) < 4.78 is 42.1. The standard InChI is InChI=1S/C19H24F3NO/c20-19(21,22)24-18-4-2-1-3-16(18)14-7-9-23(10-8-14)17-12-13-5-6-15(17)11-13/h1-4,13-15,17H,5-12H2/t13-,15-,17-/m0/s1. The number of halogens is 3. The van der Waals surface area contributed by atoms with Crippen LogP contribution in [0.1, 0.15) is 50.0 Å². The van der Waals surface area contributed by atoms with Crippen molar-refractivity contribution in [3.05, 3.63) is 29.8 Å². The summed E-state index contributed by atoms with van der Waals surface area (Å²) >= 11 is 0. The van der Waals surface area contributed by atoms with Gasteiger partial charge in [-0.3, -0.25) is 0 Å². The lowest BCUT2D eigenvalue weighted by Crippen LogP contribution is -2.43. The molecular formula is C19H24F3NO. The molecular weight excluding hydrogens is 315 g/mol. The highest BCUT2D eigenvalue weighted by molar-refractivity contribution is 5.36. The molecule has 5 heteroatoms. The molecule has 3 aliphatic rings. The monoisotopic (exact) mass is 339 g/mol. The number of alkyl halides is 3. The van der Waals surface area contributed by atoms with Gasteiger partial charge in [0, 0.05) is 6.04 Å². The number of hydrogen-bond donors (Lipinski definition) is 0. The molecule has 0 aromatic heterocycles. The number of para-hydroxylation sites is 1. The third-order valence-corrected chi connectivity index (χ3v) is 6.28. The summed E-state index contributed by atoms with van der Waals surface area (Å²) in [7, 11) is 0. The van der Waals surface area contributed by atoms with E-state index in [2.05, 4.69) is 9.64 Å². The van der Waals surface area contributed by atoms with Crippen molar-refractivity contribution in [3.8, 4) is 5.75 Å². The molecule has 1 heterocycles. The van der Waals surface area contributed by atoms with Gasteiger partial charge in [0.25, 0.3) is 0 Å². The van der Waals surface area contributed by atoms with Crippen LogP contribution >= 0.6 is 0 Å². The van der Waals surface area contributed by atoms with E-state index in [0.29, 0.717) is 5.56 Å². The molecule has 4 rings (SSSR count). The van der Waals surface area contributed by atoms with Gasteiger partial charge in [0.2, 0.25) is 0 Å². The molecule has 3 fully saturated rings. The summed E-state index contributed by atoms with van der Waals surface area (Å²) in [6, 6.07) is 7.37. The normalized spacial score (nSPS) is 31.5. The van der Waals surface area contributed by atoms with Crippen molar-refractivity contribution in [3.63, 3.8) is 0 Å². The predicted octanol–water partition coefficient (Wildman–Crippen LogP) is 4.95. The maximum absolute atomic E-state index is 12.6. The molecule has 2 aliphatic carbocycles. The Morgan fingerprint density at radius 3 is 2.33 bits per heavy atom. The molecule has 132 valence electrons. The fourth-order valence-corrected chi connectivity index (χ4v) is 5.24. The third kappa shape index (κ3) is 3.28. The van der Waals surface area contributed by atoms with E-state index < -0.39 is 6.36 Å². The zero-order valence-electron chi connectivity index (χ0n) is 13.8. The van der Waals surface area contributed by atoms with Gasteiger partial charge in [0.15, 0.2) is 0 Å². The van der Waals surface area contributed by atoms with Crippen LogP contribution in [0.25, 0.3) is 0 Å². The van der Waals surface area contributed by atoms with Crippen LogP contribution in [0.4, 0.5) is 13.2 Å². The first-order valence-corrected chi connectivity index (χ1v) is 9.08. The van der Waals surface area contributed by atoms with E-state index in [1.54, 1.807) is 18.2 Å². The molecule has 2 nitrogen and oxygen atoms in total. The SMILES string of the molecule is FC(F)(F)Oc1ccccc1C1CCN([C@H]2C[C@H]3CC[C@H]2C3)CC1. The number of hydrogen-bond acceptors (Lipinski definition) is 2. The first-order valence-electron chi connectivity index (χ1n) is 9.08. The van der Waals surface area contributed by atoms with Crippen LogP contribution in [0.3, 0.4) is 0 Å². The lowest BCUT2D eigenvalue weighted by Gasteiger charge is -2.40. The molecule has 1 aromatic carbocycles. The Morgan fingerprint density at radius 2 is 1.71 bits per heavy atom. The fraction of sp³-hybridized carbons (Fsp3) is 0.684. The summed E-state index contributed by atoms with van der Waals surface area (Å²) in [4.78, 5) is 2.60. The van der Waals surface area contributed by atoms with E-state index in [1.165, 1.54) is 31.7 Å². The molecule has 24 heavy (non-hydrogen) atoms.